The molecule has 2 amide bonds. The summed E-state index contributed by atoms with van der Waals surface area (Å²) in [7, 11) is 0. The first kappa shape index (κ1) is 24.1. The van der Waals surface area contributed by atoms with Gasteiger partial charge in [-0.2, -0.15) is 0 Å². The van der Waals surface area contributed by atoms with Gasteiger partial charge in [0.1, 0.15) is 0 Å². The van der Waals surface area contributed by atoms with Crippen molar-refractivity contribution in [2.24, 2.45) is 5.92 Å². The molecule has 4 heteroatoms. The van der Waals surface area contributed by atoms with Gasteiger partial charge >= 0.3 is 0 Å². The fraction of sp³-hybridized carbons (Fsp3) is 0.548. The van der Waals surface area contributed by atoms with Crippen LogP contribution in [0.4, 0.5) is 5.69 Å². The highest BCUT2D eigenvalue weighted by atomic mass is 16.2. The van der Waals surface area contributed by atoms with Gasteiger partial charge in [-0.3, -0.25) is 9.59 Å². The molecule has 2 aromatic carbocycles. The normalized spacial score (nSPS) is 21.5. The SMILES string of the molecule is CCCCCCc1ccc(C(=O)N2CCc3cc(C(=O)N4CCCC5CCCCC54)ccc32)cc1. The van der Waals surface area contributed by atoms with Gasteiger partial charge in [0, 0.05) is 35.9 Å². The predicted molar refractivity (Wildman–Crippen MR) is 142 cm³/mol. The summed E-state index contributed by atoms with van der Waals surface area (Å²) >= 11 is 0. The van der Waals surface area contributed by atoms with Crippen LogP contribution in [-0.4, -0.2) is 35.8 Å². The maximum absolute atomic E-state index is 13.5. The summed E-state index contributed by atoms with van der Waals surface area (Å²) in [6, 6.07) is 14.6. The van der Waals surface area contributed by atoms with E-state index < -0.39 is 0 Å². The zero-order valence-corrected chi connectivity index (χ0v) is 21.3. The third-order valence-corrected chi connectivity index (χ3v) is 8.49. The van der Waals surface area contributed by atoms with Crippen LogP contribution in [0.5, 0.6) is 0 Å². The fourth-order valence-electron chi connectivity index (χ4n) is 6.51. The van der Waals surface area contributed by atoms with Crippen molar-refractivity contribution in [2.45, 2.75) is 90.0 Å². The number of likely N-dealkylation sites (tertiary alicyclic amines) is 1. The molecule has 0 radical (unpaired) electrons. The molecule has 2 atom stereocenters. The minimum absolute atomic E-state index is 0.0569. The predicted octanol–water partition coefficient (Wildman–Crippen LogP) is 6.81. The highest BCUT2D eigenvalue weighted by Gasteiger charge is 2.36. The lowest BCUT2D eigenvalue weighted by Gasteiger charge is -2.44. The summed E-state index contributed by atoms with van der Waals surface area (Å²) in [6.07, 6.45) is 14.3. The highest BCUT2D eigenvalue weighted by molar-refractivity contribution is 6.07. The number of hydrogen-bond donors (Lipinski definition) is 0. The standard InChI is InChI=1S/C31H40N2O2/c1-2-3-4-5-9-23-13-15-25(16-14-23)30(34)33-21-19-26-22-27(17-18-29(26)33)31(35)32-20-8-11-24-10-6-7-12-28(24)32/h13-18,22,24,28H,2-12,19-21H2,1H3. The Morgan fingerprint density at radius 2 is 1.60 bits per heavy atom. The Balaban J connectivity index is 1.25. The van der Waals surface area contributed by atoms with Crippen molar-refractivity contribution in [3.05, 3.63) is 64.7 Å². The Kier molecular flexibility index (Phi) is 7.55. The molecule has 2 heterocycles. The van der Waals surface area contributed by atoms with Crippen LogP contribution in [0, 0.1) is 5.92 Å². The topological polar surface area (TPSA) is 40.6 Å². The Morgan fingerprint density at radius 3 is 2.43 bits per heavy atom. The minimum atomic E-state index is 0.0569. The highest BCUT2D eigenvalue weighted by Crippen LogP contribution is 2.37. The van der Waals surface area contributed by atoms with E-state index in [1.54, 1.807) is 0 Å². The quantitative estimate of drug-likeness (QED) is 0.416. The zero-order chi connectivity index (χ0) is 24.2. The van der Waals surface area contributed by atoms with Crippen LogP contribution in [0.2, 0.25) is 0 Å². The number of amides is 2. The second-order valence-electron chi connectivity index (χ2n) is 10.8. The van der Waals surface area contributed by atoms with Crippen LogP contribution < -0.4 is 4.90 Å². The van der Waals surface area contributed by atoms with Gasteiger partial charge in [0.25, 0.3) is 11.8 Å². The number of aryl methyl sites for hydroxylation is 1. The van der Waals surface area contributed by atoms with Crippen LogP contribution in [0.15, 0.2) is 42.5 Å². The molecule has 1 saturated carbocycles. The van der Waals surface area contributed by atoms with Gasteiger partial charge in [-0.1, -0.05) is 51.2 Å². The molecule has 0 N–H and O–H groups in total. The fourth-order valence-corrected chi connectivity index (χ4v) is 6.51. The number of benzene rings is 2. The lowest BCUT2D eigenvalue weighted by Crippen LogP contribution is -2.49. The molecule has 5 rings (SSSR count). The molecule has 2 unspecified atom stereocenters. The van der Waals surface area contributed by atoms with Gasteiger partial charge in [0.2, 0.25) is 0 Å². The van der Waals surface area contributed by atoms with Crippen molar-refractivity contribution in [1.29, 1.82) is 0 Å². The van der Waals surface area contributed by atoms with Crippen molar-refractivity contribution in [3.8, 4) is 0 Å². The maximum atomic E-state index is 13.5. The van der Waals surface area contributed by atoms with Crippen molar-refractivity contribution >= 4 is 17.5 Å². The molecule has 35 heavy (non-hydrogen) atoms. The Hall–Kier alpha value is -2.62. The number of unbranched alkanes of at least 4 members (excludes halogenated alkanes) is 3. The first-order valence-electron chi connectivity index (χ1n) is 14.0. The molecule has 0 aromatic heterocycles. The average Bonchev–Trinajstić information content (AvgIpc) is 3.34. The van der Waals surface area contributed by atoms with Gasteiger partial charge in [-0.05, 0) is 92.3 Å². The summed E-state index contributed by atoms with van der Waals surface area (Å²) in [4.78, 5) is 30.8. The average molecular weight is 473 g/mol. The number of fused-ring (bicyclic) bond motifs is 2. The zero-order valence-electron chi connectivity index (χ0n) is 21.3. The first-order chi connectivity index (χ1) is 17.2. The Bertz CT molecular complexity index is 1040. The van der Waals surface area contributed by atoms with Crippen molar-refractivity contribution in [1.82, 2.24) is 4.90 Å². The second-order valence-corrected chi connectivity index (χ2v) is 10.8. The summed E-state index contributed by atoms with van der Waals surface area (Å²) < 4.78 is 0. The van der Waals surface area contributed by atoms with E-state index in [-0.39, 0.29) is 11.8 Å². The van der Waals surface area contributed by atoms with E-state index in [4.69, 9.17) is 0 Å². The minimum Gasteiger partial charge on any atom is -0.335 e. The van der Waals surface area contributed by atoms with Crippen molar-refractivity contribution < 1.29 is 9.59 Å². The summed E-state index contributed by atoms with van der Waals surface area (Å²) in [6.45, 7) is 3.80. The van der Waals surface area contributed by atoms with Gasteiger partial charge in [-0.25, -0.2) is 0 Å². The second kappa shape index (κ2) is 11.0. The third kappa shape index (κ3) is 5.17. The van der Waals surface area contributed by atoms with Gasteiger partial charge in [0.15, 0.2) is 0 Å². The summed E-state index contributed by atoms with van der Waals surface area (Å²) in [5, 5.41) is 0. The van der Waals surface area contributed by atoms with Crippen LogP contribution >= 0.6 is 0 Å². The molecular weight excluding hydrogens is 432 g/mol. The van der Waals surface area contributed by atoms with Crippen LogP contribution in [-0.2, 0) is 12.8 Å². The molecule has 0 spiro atoms. The number of anilines is 1. The molecular formula is C31H40N2O2. The van der Waals surface area contributed by atoms with E-state index in [1.165, 1.54) is 56.9 Å². The van der Waals surface area contributed by atoms with Gasteiger partial charge < -0.3 is 9.80 Å². The number of hydrogen-bond acceptors (Lipinski definition) is 2. The summed E-state index contributed by atoms with van der Waals surface area (Å²) in [5.41, 5.74) is 4.92. The Morgan fingerprint density at radius 1 is 0.829 bits per heavy atom. The number of rotatable bonds is 7. The molecule has 2 aromatic rings. The van der Waals surface area contributed by atoms with Gasteiger partial charge in [0.05, 0.1) is 0 Å². The van der Waals surface area contributed by atoms with Crippen molar-refractivity contribution in [3.63, 3.8) is 0 Å². The smallest absolute Gasteiger partial charge is 0.258 e. The molecule has 4 nitrogen and oxygen atoms in total. The van der Waals surface area contributed by atoms with Crippen LogP contribution in [0.1, 0.15) is 103 Å². The Labute approximate surface area is 210 Å². The number of nitrogens with zero attached hydrogens (tertiary/aromatic N) is 2. The summed E-state index contributed by atoms with van der Waals surface area (Å²) in [5.74, 6) is 0.928. The molecule has 3 aliphatic rings. The third-order valence-electron chi connectivity index (χ3n) is 8.49. The van der Waals surface area contributed by atoms with E-state index >= 15 is 0 Å². The maximum Gasteiger partial charge on any atom is 0.258 e. The molecule has 1 saturated heterocycles. The lowest BCUT2D eigenvalue weighted by atomic mass is 9.78. The van der Waals surface area contributed by atoms with E-state index in [1.807, 2.05) is 29.2 Å². The monoisotopic (exact) mass is 472 g/mol. The van der Waals surface area contributed by atoms with E-state index in [9.17, 15) is 9.59 Å². The molecule has 186 valence electrons. The van der Waals surface area contributed by atoms with Crippen molar-refractivity contribution in [2.75, 3.05) is 18.0 Å². The number of piperidine rings is 1. The first-order valence-corrected chi connectivity index (χ1v) is 14.0. The lowest BCUT2D eigenvalue weighted by molar-refractivity contribution is 0.0390. The van der Waals surface area contributed by atoms with E-state index in [0.29, 0.717) is 18.5 Å². The van der Waals surface area contributed by atoms with Crippen LogP contribution in [0.3, 0.4) is 0 Å². The molecule has 2 aliphatic heterocycles. The van der Waals surface area contributed by atoms with Crippen LogP contribution in [0.25, 0.3) is 0 Å². The van der Waals surface area contributed by atoms with Gasteiger partial charge in [-0.15, -0.1) is 0 Å². The van der Waals surface area contributed by atoms with E-state index in [2.05, 4.69) is 30.0 Å². The number of carbonyl (C=O) groups is 2. The molecule has 1 aliphatic carbocycles. The van der Waals surface area contributed by atoms with E-state index in [0.717, 1.165) is 54.6 Å². The largest absolute Gasteiger partial charge is 0.335 e. The molecule has 0 bridgehead atoms. The number of carbonyl (C=O) groups excluding carboxylic acids is 2. The molecule has 2 fully saturated rings.